The fraction of sp³-hybridized carbons (Fsp3) is 0. The van der Waals surface area contributed by atoms with Crippen molar-refractivity contribution in [3.05, 3.63) is 46.1 Å². The van der Waals surface area contributed by atoms with Crippen molar-refractivity contribution in [3.63, 3.8) is 0 Å². The third kappa shape index (κ3) is 1.37. The number of pyridine rings is 1. The highest BCUT2D eigenvalue weighted by atomic mass is 79.9. The van der Waals surface area contributed by atoms with E-state index in [0.717, 1.165) is 5.39 Å². The first-order valence-electron chi connectivity index (χ1n) is 3.65. The summed E-state index contributed by atoms with van der Waals surface area (Å²) in [6, 6.07) is 4.64. The van der Waals surface area contributed by atoms with E-state index in [2.05, 4.69) is 15.9 Å². The van der Waals surface area contributed by atoms with Crippen molar-refractivity contribution < 1.29 is 9.12 Å². The van der Waals surface area contributed by atoms with Gasteiger partial charge in [0.05, 0.1) is 9.86 Å². The minimum absolute atomic E-state index is 0.329. The molecule has 2 rings (SSSR count). The van der Waals surface area contributed by atoms with E-state index in [-0.39, 0.29) is 5.82 Å². The average Bonchev–Trinajstić information content (AvgIpc) is 2.12. The summed E-state index contributed by atoms with van der Waals surface area (Å²) in [5.41, 5.74) is 0. The quantitative estimate of drug-likeness (QED) is 0.514. The summed E-state index contributed by atoms with van der Waals surface area (Å²) in [5.74, 6) is -0.362. The highest BCUT2D eigenvalue weighted by Gasteiger charge is 2.06. The van der Waals surface area contributed by atoms with Crippen LogP contribution in [0.3, 0.4) is 0 Å². The number of rotatable bonds is 0. The molecule has 2 aromatic rings. The third-order valence-corrected chi connectivity index (χ3v) is 2.63. The first kappa shape index (κ1) is 8.44. The van der Waals surface area contributed by atoms with Crippen LogP contribution in [0.15, 0.2) is 35.1 Å². The largest absolute Gasteiger partial charge is 0.619 e. The molecule has 0 radical (unpaired) electrons. The first-order valence-corrected chi connectivity index (χ1v) is 4.44. The van der Waals surface area contributed by atoms with Gasteiger partial charge >= 0.3 is 0 Å². The van der Waals surface area contributed by atoms with Crippen LogP contribution in [0.1, 0.15) is 0 Å². The molecule has 0 saturated carbocycles. The summed E-state index contributed by atoms with van der Waals surface area (Å²) in [5, 5.41) is 12.3. The lowest BCUT2D eigenvalue weighted by molar-refractivity contribution is -0.603. The molecule has 0 atom stereocenters. The van der Waals surface area contributed by atoms with Crippen LogP contribution in [0.25, 0.3) is 10.8 Å². The summed E-state index contributed by atoms with van der Waals surface area (Å²) in [7, 11) is 0. The molecule has 13 heavy (non-hydrogen) atoms. The summed E-state index contributed by atoms with van der Waals surface area (Å²) < 4.78 is 14.0. The Morgan fingerprint density at radius 3 is 2.85 bits per heavy atom. The highest BCUT2D eigenvalue weighted by Crippen LogP contribution is 2.25. The summed E-state index contributed by atoms with van der Waals surface area (Å²) in [6.45, 7) is 0. The smallest absolute Gasteiger partial charge is 0.189 e. The molecule has 4 heteroatoms. The van der Waals surface area contributed by atoms with Crippen molar-refractivity contribution in [2.45, 2.75) is 0 Å². The van der Waals surface area contributed by atoms with Crippen LogP contribution >= 0.6 is 15.9 Å². The number of fused-ring (bicyclic) bond motifs is 1. The van der Waals surface area contributed by atoms with Gasteiger partial charge in [0, 0.05) is 6.07 Å². The fourth-order valence-electron chi connectivity index (χ4n) is 1.18. The van der Waals surface area contributed by atoms with E-state index < -0.39 is 0 Å². The predicted octanol–water partition coefficient (Wildman–Crippen LogP) is 2.37. The Hall–Kier alpha value is -1.16. The number of halogens is 2. The van der Waals surface area contributed by atoms with Gasteiger partial charge in [-0.05, 0) is 27.4 Å². The van der Waals surface area contributed by atoms with Crippen LogP contribution in [0.2, 0.25) is 0 Å². The van der Waals surface area contributed by atoms with Crippen molar-refractivity contribution in [3.8, 4) is 0 Å². The lowest BCUT2D eigenvalue weighted by atomic mass is 10.2. The topological polar surface area (TPSA) is 26.9 Å². The van der Waals surface area contributed by atoms with Gasteiger partial charge in [-0.25, -0.2) is 4.39 Å². The maximum Gasteiger partial charge on any atom is 0.189 e. The first-order chi connectivity index (χ1) is 6.18. The SMILES string of the molecule is [O-][n+]1ccc2ccc(F)c(Br)c2c1. The van der Waals surface area contributed by atoms with Gasteiger partial charge in [0.2, 0.25) is 0 Å². The van der Waals surface area contributed by atoms with Crippen molar-refractivity contribution in [1.82, 2.24) is 0 Å². The normalized spacial score (nSPS) is 10.6. The lowest BCUT2D eigenvalue weighted by Crippen LogP contribution is -2.23. The molecule has 0 unspecified atom stereocenters. The van der Waals surface area contributed by atoms with Crippen molar-refractivity contribution >= 4 is 26.7 Å². The number of hydrogen-bond donors (Lipinski definition) is 0. The number of aromatic nitrogens is 1. The Bertz CT molecular complexity index is 467. The second kappa shape index (κ2) is 2.96. The Balaban J connectivity index is 2.89. The zero-order valence-electron chi connectivity index (χ0n) is 6.50. The Labute approximate surface area is 82.3 Å². The molecule has 66 valence electrons. The standard InChI is InChI=1S/C9H5BrFNO/c10-9-7-5-12(13)4-3-6(7)1-2-8(9)11/h1-5H. The molecule has 0 saturated heterocycles. The molecule has 0 aliphatic rings. The molecule has 0 aliphatic carbocycles. The monoisotopic (exact) mass is 241 g/mol. The zero-order chi connectivity index (χ0) is 9.42. The van der Waals surface area contributed by atoms with Gasteiger partial charge in [0.15, 0.2) is 12.4 Å². The Morgan fingerprint density at radius 1 is 1.31 bits per heavy atom. The molecular formula is C9H5BrFNO. The summed E-state index contributed by atoms with van der Waals surface area (Å²) in [4.78, 5) is 0. The average molecular weight is 242 g/mol. The van der Waals surface area contributed by atoms with E-state index in [1.807, 2.05) is 0 Å². The third-order valence-electron chi connectivity index (χ3n) is 1.82. The number of hydrogen-bond acceptors (Lipinski definition) is 1. The van der Waals surface area contributed by atoms with E-state index in [4.69, 9.17) is 0 Å². The van der Waals surface area contributed by atoms with E-state index >= 15 is 0 Å². The molecule has 0 amide bonds. The number of benzene rings is 1. The molecule has 1 heterocycles. The molecule has 0 aliphatic heterocycles. The van der Waals surface area contributed by atoms with Crippen LogP contribution in [-0.2, 0) is 0 Å². The molecule has 0 bridgehead atoms. The van der Waals surface area contributed by atoms with Crippen LogP contribution in [0, 0.1) is 11.0 Å². The van der Waals surface area contributed by atoms with Crippen LogP contribution in [-0.4, -0.2) is 0 Å². The van der Waals surface area contributed by atoms with Crippen LogP contribution in [0.4, 0.5) is 4.39 Å². The molecule has 0 fully saturated rings. The van der Waals surface area contributed by atoms with Gasteiger partial charge in [-0.3, -0.25) is 0 Å². The maximum absolute atomic E-state index is 13.0. The van der Waals surface area contributed by atoms with E-state index in [1.165, 1.54) is 18.5 Å². The van der Waals surface area contributed by atoms with Gasteiger partial charge in [-0.2, -0.15) is 4.73 Å². The maximum atomic E-state index is 13.0. The van der Waals surface area contributed by atoms with Gasteiger partial charge in [0.1, 0.15) is 5.82 Å². The number of nitrogens with zero attached hydrogens (tertiary/aromatic N) is 1. The lowest BCUT2D eigenvalue weighted by Gasteiger charge is -2.01. The van der Waals surface area contributed by atoms with Crippen LogP contribution in [0.5, 0.6) is 0 Å². The highest BCUT2D eigenvalue weighted by molar-refractivity contribution is 9.10. The molecule has 0 N–H and O–H groups in total. The molecule has 2 nitrogen and oxygen atoms in total. The minimum Gasteiger partial charge on any atom is -0.619 e. The van der Waals surface area contributed by atoms with Crippen molar-refractivity contribution in [1.29, 1.82) is 0 Å². The predicted molar refractivity (Wildman–Crippen MR) is 50.6 cm³/mol. The second-order valence-corrected chi connectivity index (χ2v) is 3.46. The Morgan fingerprint density at radius 2 is 2.08 bits per heavy atom. The molecular weight excluding hydrogens is 237 g/mol. The molecule has 0 spiro atoms. The molecule has 1 aromatic carbocycles. The Kier molecular flexibility index (Phi) is 1.92. The van der Waals surface area contributed by atoms with E-state index in [0.29, 0.717) is 14.6 Å². The van der Waals surface area contributed by atoms with Crippen molar-refractivity contribution in [2.75, 3.05) is 0 Å². The molecule has 1 aromatic heterocycles. The van der Waals surface area contributed by atoms with E-state index in [9.17, 15) is 9.60 Å². The summed E-state index contributed by atoms with van der Waals surface area (Å²) >= 11 is 3.09. The van der Waals surface area contributed by atoms with Gasteiger partial charge in [0.25, 0.3) is 0 Å². The fourth-order valence-corrected chi connectivity index (χ4v) is 1.65. The minimum atomic E-state index is -0.362. The van der Waals surface area contributed by atoms with Gasteiger partial charge in [-0.15, -0.1) is 0 Å². The summed E-state index contributed by atoms with van der Waals surface area (Å²) in [6.07, 6.45) is 2.72. The van der Waals surface area contributed by atoms with Crippen molar-refractivity contribution in [2.24, 2.45) is 0 Å². The zero-order valence-corrected chi connectivity index (χ0v) is 8.08. The van der Waals surface area contributed by atoms with Gasteiger partial charge in [-0.1, -0.05) is 6.07 Å². The van der Waals surface area contributed by atoms with Gasteiger partial charge < -0.3 is 5.21 Å². The second-order valence-electron chi connectivity index (χ2n) is 2.67. The van der Waals surface area contributed by atoms with Crippen LogP contribution < -0.4 is 4.73 Å². The van der Waals surface area contributed by atoms with E-state index in [1.54, 1.807) is 12.1 Å².